The van der Waals surface area contributed by atoms with E-state index >= 15 is 0 Å². The summed E-state index contributed by atoms with van der Waals surface area (Å²) in [6.07, 6.45) is 1.68. The molecule has 3 heterocycles. The standard InChI is InChI=1S/C14H23N7/c1-4-15-14-18-12-11(16-9-17-12)13(19-14)21-7-5-20(6-8-21)10(2)3/h9-10H,4-8H2,1-3H3,(H2,15,16,17,18,19). The zero-order valence-electron chi connectivity index (χ0n) is 12.9. The van der Waals surface area contributed by atoms with Gasteiger partial charge in [-0.15, -0.1) is 0 Å². The molecular weight excluding hydrogens is 266 g/mol. The van der Waals surface area contributed by atoms with Crippen molar-refractivity contribution < 1.29 is 0 Å². The van der Waals surface area contributed by atoms with Crippen molar-refractivity contribution in [2.75, 3.05) is 42.9 Å². The first kappa shape index (κ1) is 14.1. The lowest BCUT2D eigenvalue weighted by molar-refractivity contribution is 0.209. The lowest BCUT2D eigenvalue weighted by Gasteiger charge is -2.37. The van der Waals surface area contributed by atoms with Crippen LogP contribution in [-0.2, 0) is 0 Å². The van der Waals surface area contributed by atoms with E-state index in [1.807, 2.05) is 6.92 Å². The molecule has 0 aliphatic carbocycles. The number of aromatic nitrogens is 4. The third-order valence-corrected chi connectivity index (χ3v) is 3.95. The Morgan fingerprint density at radius 3 is 2.67 bits per heavy atom. The summed E-state index contributed by atoms with van der Waals surface area (Å²) in [5.74, 6) is 1.61. The van der Waals surface area contributed by atoms with Gasteiger partial charge in [-0.1, -0.05) is 0 Å². The number of fused-ring (bicyclic) bond motifs is 1. The maximum atomic E-state index is 4.67. The molecule has 1 fully saturated rings. The quantitative estimate of drug-likeness (QED) is 0.884. The van der Waals surface area contributed by atoms with E-state index in [-0.39, 0.29) is 0 Å². The molecule has 1 aliphatic rings. The van der Waals surface area contributed by atoms with Crippen molar-refractivity contribution in [3.63, 3.8) is 0 Å². The highest BCUT2D eigenvalue weighted by Crippen LogP contribution is 2.24. The second-order valence-corrected chi connectivity index (χ2v) is 5.62. The summed E-state index contributed by atoms with van der Waals surface area (Å²) >= 11 is 0. The number of imidazole rings is 1. The summed E-state index contributed by atoms with van der Waals surface area (Å²) in [6, 6.07) is 0.599. The first-order valence-electron chi connectivity index (χ1n) is 7.63. The van der Waals surface area contributed by atoms with Crippen LogP contribution in [0.25, 0.3) is 11.2 Å². The molecule has 0 amide bonds. The number of hydrogen-bond acceptors (Lipinski definition) is 6. The van der Waals surface area contributed by atoms with Gasteiger partial charge in [0, 0.05) is 38.8 Å². The second kappa shape index (κ2) is 5.85. The minimum absolute atomic E-state index is 0.599. The second-order valence-electron chi connectivity index (χ2n) is 5.62. The van der Waals surface area contributed by atoms with E-state index in [9.17, 15) is 0 Å². The Labute approximate surface area is 124 Å². The summed E-state index contributed by atoms with van der Waals surface area (Å²) < 4.78 is 0. The van der Waals surface area contributed by atoms with Crippen molar-refractivity contribution in [3.05, 3.63) is 6.33 Å². The summed E-state index contributed by atoms with van der Waals surface area (Å²) in [6.45, 7) is 11.4. The molecule has 2 aromatic rings. The van der Waals surface area contributed by atoms with Gasteiger partial charge in [0.25, 0.3) is 0 Å². The van der Waals surface area contributed by atoms with Crippen molar-refractivity contribution >= 4 is 22.9 Å². The number of nitrogens with zero attached hydrogens (tertiary/aromatic N) is 5. The molecule has 114 valence electrons. The molecule has 0 radical (unpaired) electrons. The molecule has 2 N–H and O–H groups in total. The molecule has 0 saturated carbocycles. The molecule has 0 unspecified atom stereocenters. The Morgan fingerprint density at radius 2 is 2.00 bits per heavy atom. The fourth-order valence-electron chi connectivity index (χ4n) is 2.73. The Balaban J connectivity index is 1.87. The van der Waals surface area contributed by atoms with Crippen LogP contribution in [0.3, 0.4) is 0 Å². The molecule has 7 heteroatoms. The smallest absolute Gasteiger partial charge is 0.226 e. The molecule has 0 atom stereocenters. The van der Waals surface area contributed by atoms with Crippen LogP contribution in [0.15, 0.2) is 6.33 Å². The molecule has 0 aromatic carbocycles. The monoisotopic (exact) mass is 289 g/mol. The Kier molecular flexibility index (Phi) is 3.92. The average molecular weight is 289 g/mol. The zero-order valence-corrected chi connectivity index (χ0v) is 12.9. The molecule has 1 aliphatic heterocycles. The highest BCUT2D eigenvalue weighted by atomic mass is 15.3. The Hall–Kier alpha value is -1.89. The number of rotatable bonds is 4. The van der Waals surface area contributed by atoms with E-state index in [2.05, 4.69) is 48.9 Å². The number of aromatic amines is 1. The van der Waals surface area contributed by atoms with Crippen LogP contribution in [0.1, 0.15) is 20.8 Å². The lowest BCUT2D eigenvalue weighted by Crippen LogP contribution is -2.49. The molecule has 7 nitrogen and oxygen atoms in total. The van der Waals surface area contributed by atoms with Crippen LogP contribution >= 0.6 is 0 Å². The van der Waals surface area contributed by atoms with Crippen molar-refractivity contribution in [3.8, 4) is 0 Å². The number of anilines is 2. The van der Waals surface area contributed by atoms with E-state index in [0.717, 1.165) is 49.7 Å². The first-order valence-corrected chi connectivity index (χ1v) is 7.63. The first-order chi connectivity index (χ1) is 10.2. The number of H-pyrrole nitrogens is 1. The van der Waals surface area contributed by atoms with Crippen LogP contribution in [-0.4, -0.2) is 63.6 Å². The van der Waals surface area contributed by atoms with Crippen LogP contribution in [0, 0.1) is 0 Å². The molecule has 3 rings (SSSR count). The average Bonchev–Trinajstić information content (AvgIpc) is 2.95. The van der Waals surface area contributed by atoms with E-state index in [4.69, 9.17) is 0 Å². The number of hydrogen-bond donors (Lipinski definition) is 2. The van der Waals surface area contributed by atoms with Gasteiger partial charge >= 0.3 is 0 Å². The minimum Gasteiger partial charge on any atom is -0.354 e. The Bertz CT molecular complexity index is 598. The fraction of sp³-hybridized carbons (Fsp3) is 0.643. The van der Waals surface area contributed by atoms with Gasteiger partial charge in [-0.05, 0) is 20.8 Å². The highest BCUT2D eigenvalue weighted by molar-refractivity contribution is 5.84. The third kappa shape index (κ3) is 2.78. The third-order valence-electron chi connectivity index (χ3n) is 3.95. The van der Waals surface area contributed by atoms with Gasteiger partial charge in [0.15, 0.2) is 11.5 Å². The van der Waals surface area contributed by atoms with E-state index in [0.29, 0.717) is 12.0 Å². The molecule has 0 bridgehead atoms. The number of nitrogens with one attached hydrogen (secondary N) is 2. The van der Waals surface area contributed by atoms with Gasteiger partial charge in [-0.3, -0.25) is 4.90 Å². The van der Waals surface area contributed by atoms with Crippen LogP contribution < -0.4 is 10.2 Å². The summed E-state index contributed by atoms with van der Waals surface area (Å²) in [7, 11) is 0. The molecule has 0 spiro atoms. The van der Waals surface area contributed by atoms with Crippen LogP contribution in [0.5, 0.6) is 0 Å². The van der Waals surface area contributed by atoms with Gasteiger partial charge in [-0.2, -0.15) is 9.97 Å². The summed E-state index contributed by atoms with van der Waals surface area (Å²) in [4.78, 5) is 21.4. The zero-order chi connectivity index (χ0) is 14.8. The SMILES string of the molecule is CCNc1nc(N2CCN(C(C)C)CC2)c2[nH]cnc2n1. The normalized spacial score (nSPS) is 16.9. The predicted molar refractivity (Wildman–Crippen MR) is 84.8 cm³/mol. The van der Waals surface area contributed by atoms with Gasteiger partial charge in [0.05, 0.1) is 6.33 Å². The predicted octanol–water partition coefficient (Wildman–Crippen LogP) is 1.32. The topological polar surface area (TPSA) is 73.0 Å². The molecule has 21 heavy (non-hydrogen) atoms. The van der Waals surface area contributed by atoms with E-state index < -0.39 is 0 Å². The van der Waals surface area contributed by atoms with Crippen molar-refractivity contribution in [2.45, 2.75) is 26.8 Å². The van der Waals surface area contributed by atoms with Crippen molar-refractivity contribution in [2.24, 2.45) is 0 Å². The fourth-order valence-corrected chi connectivity index (χ4v) is 2.73. The maximum Gasteiger partial charge on any atom is 0.226 e. The van der Waals surface area contributed by atoms with Crippen molar-refractivity contribution in [1.29, 1.82) is 0 Å². The summed E-state index contributed by atoms with van der Waals surface area (Å²) in [5, 5.41) is 3.18. The van der Waals surface area contributed by atoms with E-state index in [1.165, 1.54) is 0 Å². The van der Waals surface area contributed by atoms with Gasteiger partial charge in [-0.25, -0.2) is 4.98 Å². The van der Waals surface area contributed by atoms with Gasteiger partial charge < -0.3 is 15.2 Å². The summed E-state index contributed by atoms with van der Waals surface area (Å²) in [5.41, 5.74) is 1.65. The highest BCUT2D eigenvalue weighted by Gasteiger charge is 2.22. The lowest BCUT2D eigenvalue weighted by atomic mass is 10.2. The largest absolute Gasteiger partial charge is 0.354 e. The van der Waals surface area contributed by atoms with Crippen LogP contribution in [0.2, 0.25) is 0 Å². The molecule has 2 aromatic heterocycles. The van der Waals surface area contributed by atoms with Gasteiger partial charge in [0.1, 0.15) is 5.52 Å². The number of piperazine rings is 1. The Morgan fingerprint density at radius 1 is 1.24 bits per heavy atom. The van der Waals surface area contributed by atoms with Gasteiger partial charge in [0.2, 0.25) is 5.95 Å². The van der Waals surface area contributed by atoms with Crippen LogP contribution in [0.4, 0.5) is 11.8 Å². The van der Waals surface area contributed by atoms with Crippen molar-refractivity contribution in [1.82, 2.24) is 24.8 Å². The maximum absolute atomic E-state index is 4.67. The minimum atomic E-state index is 0.599. The molecular formula is C14H23N7. The molecule has 1 saturated heterocycles. The van der Waals surface area contributed by atoms with E-state index in [1.54, 1.807) is 6.33 Å².